The molecule has 0 spiro atoms. The molecule has 0 saturated heterocycles. The molecule has 0 amide bonds. The predicted molar refractivity (Wildman–Crippen MR) is 69.4 cm³/mol. The fraction of sp³-hybridized carbons (Fsp3) is 0.750. The first-order valence-corrected chi connectivity index (χ1v) is 6.71. The van der Waals surface area contributed by atoms with Crippen molar-refractivity contribution >= 4 is 15.9 Å². The third kappa shape index (κ3) is 3.91. The van der Waals surface area contributed by atoms with Gasteiger partial charge in [0.15, 0.2) is 0 Å². The summed E-state index contributed by atoms with van der Waals surface area (Å²) in [5.41, 5.74) is 2.14. The average Bonchev–Trinajstić information content (AvgIpc) is 2.49. The third-order valence-electron chi connectivity index (χ3n) is 2.64. The van der Waals surface area contributed by atoms with Crippen LogP contribution >= 0.6 is 15.9 Å². The zero-order valence-corrected chi connectivity index (χ0v) is 12.0. The number of unbranched alkanes of at least 4 members (excludes halogenated alkanes) is 3. The Bertz CT molecular complexity index is 323. The van der Waals surface area contributed by atoms with Gasteiger partial charge in [0.05, 0.1) is 22.5 Å². The van der Waals surface area contributed by atoms with Crippen LogP contribution in [0.3, 0.4) is 0 Å². The van der Waals surface area contributed by atoms with E-state index < -0.39 is 0 Å². The van der Waals surface area contributed by atoms with Crippen molar-refractivity contribution in [1.82, 2.24) is 9.78 Å². The number of nitrogens with zero attached hydrogens (tertiary/aromatic N) is 2. The van der Waals surface area contributed by atoms with Gasteiger partial charge >= 0.3 is 0 Å². The molecule has 16 heavy (non-hydrogen) atoms. The summed E-state index contributed by atoms with van der Waals surface area (Å²) in [6, 6.07) is 0. The van der Waals surface area contributed by atoms with E-state index in [1.807, 2.05) is 18.7 Å². The Hall–Kier alpha value is -0.350. The fourth-order valence-electron chi connectivity index (χ4n) is 1.64. The van der Waals surface area contributed by atoms with Gasteiger partial charge in [-0.25, -0.2) is 0 Å². The molecule has 0 unspecified atom stereocenters. The first kappa shape index (κ1) is 13.7. The molecule has 1 heterocycles. The quantitative estimate of drug-likeness (QED) is 0.717. The zero-order chi connectivity index (χ0) is 12.0. The Morgan fingerprint density at radius 3 is 2.62 bits per heavy atom. The van der Waals surface area contributed by atoms with Gasteiger partial charge in [-0.05, 0) is 29.3 Å². The van der Waals surface area contributed by atoms with E-state index in [1.165, 1.54) is 19.3 Å². The van der Waals surface area contributed by atoms with Crippen LogP contribution in [-0.2, 0) is 18.4 Å². The van der Waals surface area contributed by atoms with Gasteiger partial charge in [-0.2, -0.15) is 5.10 Å². The Morgan fingerprint density at radius 2 is 2.06 bits per heavy atom. The molecular weight excluding hydrogens is 268 g/mol. The highest BCUT2D eigenvalue weighted by atomic mass is 79.9. The number of rotatable bonds is 7. The molecule has 0 atom stereocenters. The Morgan fingerprint density at radius 1 is 1.31 bits per heavy atom. The van der Waals surface area contributed by atoms with Crippen LogP contribution in [-0.4, -0.2) is 16.4 Å². The number of hydrogen-bond acceptors (Lipinski definition) is 2. The monoisotopic (exact) mass is 288 g/mol. The lowest BCUT2D eigenvalue weighted by atomic mass is 10.2. The fourth-order valence-corrected chi connectivity index (χ4v) is 2.09. The Balaban J connectivity index is 2.26. The molecule has 0 aromatic carbocycles. The first-order chi connectivity index (χ1) is 7.66. The van der Waals surface area contributed by atoms with Crippen LogP contribution < -0.4 is 0 Å². The topological polar surface area (TPSA) is 27.1 Å². The minimum absolute atomic E-state index is 0.643. The van der Waals surface area contributed by atoms with Crippen molar-refractivity contribution in [3.63, 3.8) is 0 Å². The molecule has 0 aliphatic rings. The van der Waals surface area contributed by atoms with Gasteiger partial charge in [0, 0.05) is 13.7 Å². The van der Waals surface area contributed by atoms with E-state index in [1.54, 1.807) is 0 Å². The van der Waals surface area contributed by atoms with E-state index in [0.29, 0.717) is 6.61 Å². The van der Waals surface area contributed by atoms with Crippen molar-refractivity contribution in [3.05, 3.63) is 15.9 Å². The van der Waals surface area contributed by atoms with Crippen molar-refractivity contribution in [2.75, 3.05) is 6.61 Å². The standard InChI is InChI=1S/C12H21BrN2O/c1-4-5-6-7-8-16-9-11-12(13)10(2)14-15(11)3/h4-9H2,1-3H3. The smallest absolute Gasteiger partial charge is 0.0896 e. The van der Waals surface area contributed by atoms with Crippen LogP contribution in [0.5, 0.6) is 0 Å². The summed E-state index contributed by atoms with van der Waals surface area (Å²) in [5.74, 6) is 0. The predicted octanol–water partition coefficient (Wildman–Crippen LogP) is 3.59. The van der Waals surface area contributed by atoms with Crippen molar-refractivity contribution in [1.29, 1.82) is 0 Å². The number of aryl methyl sites for hydroxylation is 2. The summed E-state index contributed by atoms with van der Waals surface area (Å²) in [4.78, 5) is 0. The molecule has 1 aromatic rings. The van der Waals surface area contributed by atoms with Crippen molar-refractivity contribution in [2.24, 2.45) is 7.05 Å². The van der Waals surface area contributed by atoms with E-state index in [-0.39, 0.29) is 0 Å². The molecule has 92 valence electrons. The maximum Gasteiger partial charge on any atom is 0.0896 e. The summed E-state index contributed by atoms with van der Waals surface area (Å²) >= 11 is 3.53. The molecule has 3 nitrogen and oxygen atoms in total. The molecule has 1 rings (SSSR count). The summed E-state index contributed by atoms with van der Waals surface area (Å²) < 4.78 is 8.60. The first-order valence-electron chi connectivity index (χ1n) is 5.92. The molecule has 0 fully saturated rings. The SMILES string of the molecule is CCCCCCOCc1c(Br)c(C)nn1C. The van der Waals surface area contributed by atoms with E-state index in [9.17, 15) is 0 Å². The van der Waals surface area contributed by atoms with Crippen LogP contribution in [0.4, 0.5) is 0 Å². The summed E-state index contributed by atoms with van der Waals surface area (Å²) in [6.07, 6.45) is 4.99. The van der Waals surface area contributed by atoms with Gasteiger partial charge in [0.1, 0.15) is 0 Å². The lowest BCUT2D eigenvalue weighted by molar-refractivity contribution is 0.111. The molecule has 4 heteroatoms. The maximum atomic E-state index is 5.65. The van der Waals surface area contributed by atoms with E-state index in [4.69, 9.17) is 4.74 Å². The largest absolute Gasteiger partial charge is 0.375 e. The van der Waals surface area contributed by atoms with Crippen molar-refractivity contribution in [3.8, 4) is 0 Å². The zero-order valence-electron chi connectivity index (χ0n) is 10.4. The molecule has 1 aromatic heterocycles. The summed E-state index contributed by atoms with van der Waals surface area (Å²) in [6.45, 7) is 5.70. The molecule has 0 N–H and O–H groups in total. The van der Waals surface area contributed by atoms with Gasteiger partial charge in [-0.1, -0.05) is 26.2 Å². The molecule has 0 saturated carbocycles. The average molecular weight is 289 g/mol. The molecule has 0 radical (unpaired) electrons. The highest BCUT2D eigenvalue weighted by Crippen LogP contribution is 2.20. The molecule has 0 aliphatic carbocycles. The number of ether oxygens (including phenoxy) is 1. The Kier molecular flexibility index (Phi) is 6.06. The minimum atomic E-state index is 0.643. The minimum Gasteiger partial charge on any atom is -0.375 e. The van der Waals surface area contributed by atoms with Crippen molar-refractivity contribution < 1.29 is 4.74 Å². The van der Waals surface area contributed by atoms with Crippen LogP contribution in [0.25, 0.3) is 0 Å². The normalized spacial score (nSPS) is 11.0. The Labute approximate surface area is 106 Å². The molecule has 0 aliphatic heterocycles. The summed E-state index contributed by atoms with van der Waals surface area (Å²) in [5, 5.41) is 4.33. The lowest BCUT2D eigenvalue weighted by Gasteiger charge is -2.05. The van der Waals surface area contributed by atoms with E-state index in [0.717, 1.165) is 28.9 Å². The molecule has 0 bridgehead atoms. The second-order valence-corrected chi connectivity index (χ2v) is 4.88. The van der Waals surface area contributed by atoms with Crippen LogP contribution in [0.15, 0.2) is 4.47 Å². The van der Waals surface area contributed by atoms with Crippen LogP contribution in [0.1, 0.15) is 44.0 Å². The van der Waals surface area contributed by atoms with Crippen LogP contribution in [0.2, 0.25) is 0 Å². The number of halogens is 1. The van der Waals surface area contributed by atoms with Gasteiger partial charge in [-0.15, -0.1) is 0 Å². The highest BCUT2D eigenvalue weighted by molar-refractivity contribution is 9.10. The lowest BCUT2D eigenvalue weighted by Crippen LogP contribution is -2.02. The summed E-state index contributed by atoms with van der Waals surface area (Å²) in [7, 11) is 1.95. The number of hydrogen-bond donors (Lipinski definition) is 0. The highest BCUT2D eigenvalue weighted by Gasteiger charge is 2.09. The van der Waals surface area contributed by atoms with Crippen molar-refractivity contribution in [2.45, 2.75) is 46.1 Å². The molecular formula is C12H21BrN2O. The number of aromatic nitrogens is 2. The van der Waals surface area contributed by atoms with E-state index in [2.05, 4.69) is 28.0 Å². The second-order valence-electron chi connectivity index (χ2n) is 4.08. The van der Waals surface area contributed by atoms with E-state index >= 15 is 0 Å². The van der Waals surface area contributed by atoms with Gasteiger partial charge in [0.2, 0.25) is 0 Å². The van der Waals surface area contributed by atoms with Gasteiger partial charge in [-0.3, -0.25) is 4.68 Å². The maximum absolute atomic E-state index is 5.65. The third-order valence-corrected chi connectivity index (χ3v) is 3.67. The van der Waals surface area contributed by atoms with Gasteiger partial charge in [0.25, 0.3) is 0 Å². The second kappa shape index (κ2) is 7.07. The van der Waals surface area contributed by atoms with Gasteiger partial charge < -0.3 is 4.74 Å². The van der Waals surface area contributed by atoms with Crippen LogP contribution in [0, 0.1) is 6.92 Å².